The van der Waals surface area contributed by atoms with Crippen LogP contribution in [0.15, 0.2) is 24.3 Å². The molecule has 0 spiro atoms. The smallest absolute Gasteiger partial charge is 0.347 e. The molecule has 21 heavy (non-hydrogen) atoms. The Morgan fingerprint density at radius 2 is 1.14 bits per heavy atom. The molecule has 0 aromatic rings. The van der Waals surface area contributed by atoms with Gasteiger partial charge in [-0.25, -0.2) is 9.59 Å². The lowest BCUT2D eigenvalue weighted by Gasteiger charge is -2.25. The van der Waals surface area contributed by atoms with Crippen LogP contribution in [0.25, 0.3) is 0 Å². The highest BCUT2D eigenvalue weighted by molar-refractivity contribution is 6.02. The highest BCUT2D eigenvalue weighted by Gasteiger charge is 2.80. The molecule has 2 aliphatic rings. The van der Waals surface area contributed by atoms with Gasteiger partial charge in [0.1, 0.15) is 11.2 Å². The van der Waals surface area contributed by atoms with Gasteiger partial charge in [-0.15, -0.1) is 0 Å². The average molecular weight is 294 g/mol. The van der Waals surface area contributed by atoms with E-state index < -0.39 is 34.3 Å². The highest BCUT2D eigenvalue weighted by Crippen LogP contribution is 2.54. The Balaban J connectivity index is 2.25. The number of epoxide rings is 1. The van der Waals surface area contributed by atoms with Gasteiger partial charge in [0, 0.05) is 0 Å². The van der Waals surface area contributed by atoms with Crippen molar-refractivity contribution in [1.29, 1.82) is 0 Å². The molecule has 0 N–H and O–H groups in total. The van der Waals surface area contributed by atoms with E-state index >= 15 is 0 Å². The fourth-order valence-corrected chi connectivity index (χ4v) is 2.16. The molecule has 1 saturated heterocycles. The molecule has 1 heterocycles. The summed E-state index contributed by atoms with van der Waals surface area (Å²) in [7, 11) is 0. The summed E-state index contributed by atoms with van der Waals surface area (Å²) < 4.78 is 16.3. The lowest BCUT2D eigenvalue weighted by Crippen LogP contribution is -2.44. The zero-order valence-corrected chi connectivity index (χ0v) is 13.4. The first-order valence-electron chi connectivity index (χ1n) is 6.96. The number of carbonyl (C=O) groups excluding carboxylic acids is 2. The van der Waals surface area contributed by atoms with E-state index in [-0.39, 0.29) is 0 Å². The van der Waals surface area contributed by atoms with Crippen molar-refractivity contribution in [3.63, 3.8) is 0 Å². The second-order valence-corrected chi connectivity index (χ2v) is 7.30. The molecule has 1 aliphatic heterocycles. The SMILES string of the molecule is CC(C)(C)OC(=O)C12C=CC=CC1(C(=O)OC(C)(C)C)O2. The summed E-state index contributed by atoms with van der Waals surface area (Å²) in [6, 6.07) is 0. The Hall–Kier alpha value is -1.62. The number of fused-ring (bicyclic) bond motifs is 1. The Labute approximate surface area is 124 Å². The molecule has 1 aliphatic carbocycles. The van der Waals surface area contributed by atoms with Crippen LogP contribution >= 0.6 is 0 Å². The van der Waals surface area contributed by atoms with Gasteiger partial charge >= 0.3 is 11.9 Å². The molecule has 0 amide bonds. The normalized spacial score (nSPS) is 30.6. The van der Waals surface area contributed by atoms with E-state index in [0.29, 0.717) is 0 Å². The van der Waals surface area contributed by atoms with Gasteiger partial charge in [0.2, 0.25) is 11.2 Å². The van der Waals surface area contributed by atoms with Crippen molar-refractivity contribution in [3.05, 3.63) is 24.3 Å². The van der Waals surface area contributed by atoms with Gasteiger partial charge in [-0.3, -0.25) is 0 Å². The first-order chi connectivity index (χ1) is 9.42. The van der Waals surface area contributed by atoms with Crippen LogP contribution in [-0.2, 0) is 23.8 Å². The van der Waals surface area contributed by atoms with Gasteiger partial charge in [0.25, 0.3) is 0 Å². The van der Waals surface area contributed by atoms with Crippen molar-refractivity contribution in [2.24, 2.45) is 0 Å². The van der Waals surface area contributed by atoms with Crippen LogP contribution in [0.2, 0.25) is 0 Å². The maximum atomic E-state index is 12.4. The van der Waals surface area contributed by atoms with Crippen molar-refractivity contribution >= 4 is 11.9 Å². The van der Waals surface area contributed by atoms with Crippen molar-refractivity contribution in [3.8, 4) is 0 Å². The first kappa shape index (κ1) is 15.8. The van der Waals surface area contributed by atoms with Crippen LogP contribution in [0.1, 0.15) is 41.5 Å². The molecule has 2 atom stereocenters. The van der Waals surface area contributed by atoms with Crippen LogP contribution in [0.3, 0.4) is 0 Å². The van der Waals surface area contributed by atoms with E-state index in [1.54, 1.807) is 65.8 Å². The molecular formula is C16H22O5. The molecule has 0 saturated carbocycles. The van der Waals surface area contributed by atoms with Gasteiger partial charge in [0.05, 0.1) is 0 Å². The topological polar surface area (TPSA) is 65.1 Å². The van der Waals surface area contributed by atoms with E-state index in [9.17, 15) is 9.59 Å². The lowest BCUT2D eigenvalue weighted by atomic mass is 9.88. The van der Waals surface area contributed by atoms with Crippen molar-refractivity contribution < 1.29 is 23.8 Å². The minimum atomic E-state index is -1.41. The molecule has 2 unspecified atom stereocenters. The maximum Gasteiger partial charge on any atom is 0.347 e. The number of ether oxygens (including phenoxy) is 3. The predicted molar refractivity (Wildman–Crippen MR) is 76.5 cm³/mol. The number of esters is 2. The minimum absolute atomic E-state index is 0.582. The number of hydrogen-bond donors (Lipinski definition) is 0. The fourth-order valence-electron chi connectivity index (χ4n) is 2.16. The van der Waals surface area contributed by atoms with Crippen LogP contribution < -0.4 is 0 Å². The van der Waals surface area contributed by atoms with Gasteiger partial charge in [-0.1, -0.05) is 12.2 Å². The van der Waals surface area contributed by atoms with E-state index in [2.05, 4.69) is 0 Å². The van der Waals surface area contributed by atoms with Gasteiger partial charge in [0.15, 0.2) is 0 Å². The number of carbonyl (C=O) groups is 2. The molecular weight excluding hydrogens is 272 g/mol. The largest absolute Gasteiger partial charge is 0.457 e. The molecule has 5 heteroatoms. The van der Waals surface area contributed by atoms with Crippen molar-refractivity contribution in [1.82, 2.24) is 0 Å². The predicted octanol–water partition coefficient (Wildman–Crippen LogP) is 2.30. The van der Waals surface area contributed by atoms with Crippen LogP contribution in [0.5, 0.6) is 0 Å². The molecule has 0 radical (unpaired) electrons. The van der Waals surface area contributed by atoms with E-state index in [1.807, 2.05) is 0 Å². The monoisotopic (exact) mass is 294 g/mol. The number of hydrogen-bond acceptors (Lipinski definition) is 5. The zero-order chi connectivity index (χ0) is 16.1. The molecule has 0 aromatic carbocycles. The summed E-state index contributed by atoms with van der Waals surface area (Å²) in [6.45, 7) is 10.6. The maximum absolute atomic E-state index is 12.4. The summed E-state index contributed by atoms with van der Waals surface area (Å²) in [4.78, 5) is 24.8. The average Bonchev–Trinajstić information content (AvgIpc) is 2.96. The Kier molecular flexibility index (Phi) is 3.33. The molecule has 5 nitrogen and oxygen atoms in total. The summed E-state index contributed by atoms with van der Waals surface area (Å²) in [5.41, 5.74) is -4.13. The second-order valence-electron chi connectivity index (χ2n) is 7.30. The van der Waals surface area contributed by atoms with Crippen LogP contribution in [-0.4, -0.2) is 34.3 Å². The van der Waals surface area contributed by atoms with Crippen LogP contribution in [0.4, 0.5) is 0 Å². The fraction of sp³-hybridized carbons (Fsp3) is 0.625. The number of rotatable bonds is 2. The third kappa shape index (κ3) is 2.75. The van der Waals surface area contributed by atoms with Crippen molar-refractivity contribution in [2.75, 3.05) is 0 Å². The van der Waals surface area contributed by atoms with Gasteiger partial charge in [-0.05, 0) is 53.7 Å². The minimum Gasteiger partial charge on any atom is -0.457 e. The lowest BCUT2D eigenvalue weighted by molar-refractivity contribution is -0.163. The number of allylic oxidation sites excluding steroid dienone is 2. The van der Waals surface area contributed by atoms with E-state index in [0.717, 1.165) is 0 Å². The van der Waals surface area contributed by atoms with Gasteiger partial charge in [-0.2, -0.15) is 0 Å². The molecule has 1 fully saturated rings. The third-order valence-electron chi connectivity index (χ3n) is 3.01. The van der Waals surface area contributed by atoms with E-state index in [4.69, 9.17) is 14.2 Å². The second kappa shape index (κ2) is 4.44. The molecule has 116 valence electrons. The summed E-state index contributed by atoms with van der Waals surface area (Å²) in [5.74, 6) is -1.16. The standard InChI is InChI=1S/C16H22O5/c1-13(2,3)19-11(17)15-9-7-8-10-16(15,21-15)12(18)20-14(4,5)6/h7-10H,1-6H3. The first-order valence-corrected chi connectivity index (χ1v) is 6.96. The summed E-state index contributed by atoms with van der Waals surface area (Å²) in [6.07, 6.45) is 6.43. The Bertz CT molecular complexity index is 484. The highest BCUT2D eigenvalue weighted by atomic mass is 16.7. The molecule has 2 rings (SSSR count). The third-order valence-corrected chi connectivity index (χ3v) is 3.01. The van der Waals surface area contributed by atoms with E-state index in [1.165, 1.54) is 0 Å². The Morgan fingerprint density at radius 3 is 1.43 bits per heavy atom. The zero-order valence-electron chi connectivity index (χ0n) is 13.4. The Morgan fingerprint density at radius 1 is 0.810 bits per heavy atom. The summed E-state index contributed by atoms with van der Waals surface area (Å²) >= 11 is 0. The molecule has 0 aromatic heterocycles. The molecule has 0 bridgehead atoms. The summed E-state index contributed by atoms with van der Waals surface area (Å²) in [5, 5.41) is 0. The van der Waals surface area contributed by atoms with Gasteiger partial charge < -0.3 is 14.2 Å². The van der Waals surface area contributed by atoms with Crippen molar-refractivity contribution in [2.45, 2.75) is 63.9 Å². The van der Waals surface area contributed by atoms with Crippen LogP contribution in [0, 0.1) is 0 Å². The quantitative estimate of drug-likeness (QED) is 0.577.